The lowest BCUT2D eigenvalue weighted by Crippen LogP contribution is -2.17. The Morgan fingerprint density at radius 3 is 3.00 bits per heavy atom. The van der Waals surface area contributed by atoms with Crippen LogP contribution in [0.2, 0.25) is 0 Å². The molecule has 2 aromatic heterocycles. The topological polar surface area (TPSA) is 55.6 Å². The molecule has 0 bridgehead atoms. The lowest BCUT2D eigenvalue weighted by Gasteiger charge is -2.09. The van der Waals surface area contributed by atoms with Crippen LogP contribution in [0.15, 0.2) is 42.7 Å². The van der Waals surface area contributed by atoms with Gasteiger partial charge in [-0.05, 0) is 25.1 Å². The molecule has 0 saturated heterocycles. The molecule has 1 N–H and O–H groups in total. The lowest BCUT2D eigenvalue weighted by atomic mass is 10.2. The summed E-state index contributed by atoms with van der Waals surface area (Å²) in [6, 6.07) is 10.1. The molecule has 3 aromatic rings. The largest absolute Gasteiger partial charge is 0.311 e. The number of fused-ring (bicyclic) bond motifs is 1. The summed E-state index contributed by atoms with van der Waals surface area (Å²) in [5.41, 5.74) is 2.95. The molecular formula is C15H17N5. The maximum absolute atomic E-state index is 4.47. The summed E-state index contributed by atoms with van der Waals surface area (Å²) >= 11 is 0. The van der Waals surface area contributed by atoms with Gasteiger partial charge in [-0.15, -0.1) is 5.10 Å². The highest BCUT2D eigenvalue weighted by Gasteiger charge is 2.09. The second-order valence-electron chi connectivity index (χ2n) is 4.67. The molecule has 0 aliphatic heterocycles. The first-order valence-electron chi connectivity index (χ1n) is 6.84. The molecule has 0 spiro atoms. The van der Waals surface area contributed by atoms with Crippen molar-refractivity contribution in [2.45, 2.75) is 19.9 Å². The maximum atomic E-state index is 4.47. The first-order valence-corrected chi connectivity index (χ1v) is 6.84. The predicted octanol–water partition coefficient (Wildman–Crippen LogP) is 2.32. The summed E-state index contributed by atoms with van der Waals surface area (Å²) in [5.74, 6) is 0. The van der Waals surface area contributed by atoms with E-state index in [-0.39, 0.29) is 0 Å². The maximum Gasteiger partial charge on any atom is 0.0959 e. The van der Waals surface area contributed by atoms with Crippen molar-refractivity contribution in [1.29, 1.82) is 0 Å². The number of nitrogens with zero attached hydrogens (tertiary/aromatic N) is 4. The van der Waals surface area contributed by atoms with E-state index in [0.29, 0.717) is 0 Å². The zero-order valence-electron chi connectivity index (χ0n) is 11.5. The van der Waals surface area contributed by atoms with Crippen molar-refractivity contribution in [3.63, 3.8) is 0 Å². The molecule has 5 heteroatoms. The van der Waals surface area contributed by atoms with Gasteiger partial charge in [0.25, 0.3) is 0 Å². The molecule has 0 radical (unpaired) electrons. The molecule has 0 aliphatic rings. The third kappa shape index (κ3) is 2.40. The van der Waals surface area contributed by atoms with Crippen LogP contribution in [0.25, 0.3) is 16.6 Å². The number of para-hydroxylation sites is 1. The van der Waals surface area contributed by atoms with Gasteiger partial charge in [0.1, 0.15) is 0 Å². The zero-order chi connectivity index (χ0) is 13.8. The summed E-state index contributed by atoms with van der Waals surface area (Å²) < 4.78 is 1.86. The molecule has 1 aromatic carbocycles. The molecule has 0 atom stereocenters. The Morgan fingerprint density at radius 2 is 2.10 bits per heavy atom. The van der Waals surface area contributed by atoms with Crippen molar-refractivity contribution in [2.75, 3.05) is 6.54 Å². The highest BCUT2D eigenvalue weighted by atomic mass is 15.4. The Kier molecular flexibility index (Phi) is 3.69. The smallest absolute Gasteiger partial charge is 0.0959 e. The normalized spacial score (nSPS) is 11.1. The molecule has 0 amide bonds. The number of nitrogens with one attached hydrogen (secondary N) is 1. The number of aromatic nitrogens is 4. The molecular weight excluding hydrogens is 250 g/mol. The number of hydrogen-bond acceptors (Lipinski definition) is 4. The predicted molar refractivity (Wildman–Crippen MR) is 78.7 cm³/mol. The molecule has 102 valence electrons. The molecule has 3 rings (SSSR count). The molecule has 0 fully saturated rings. The third-order valence-corrected chi connectivity index (χ3v) is 3.19. The highest BCUT2D eigenvalue weighted by Crippen LogP contribution is 2.20. The summed E-state index contributed by atoms with van der Waals surface area (Å²) in [7, 11) is 0. The number of hydrogen-bond donors (Lipinski definition) is 1. The van der Waals surface area contributed by atoms with Gasteiger partial charge in [-0.25, -0.2) is 4.68 Å². The summed E-state index contributed by atoms with van der Waals surface area (Å²) in [6.45, 7) is 3.89. The summed E-state index contributed by atoms with van der Waals surface area (Å²) in [6.07, 6.45) is 4.71. The molecule has 0 unspecified atom stereocenters. The fourth-order valence-electron chi connectivity index (χ4n) is 2.23. The minimum absolute atomic E-state index is 0.754. The van der Waals surface area contributed by atoms with Gasteiger partial charge in [0.2, 0.25) is 0 Å². The standard InChI is InChI=1S/C15H17N5/c1-2-8-16-10-13-11-18-19-20(13)14-7-3-5-12-6-4-9-17-15(12)14/h3-7,9,11,16H,2,8,10H2,1H3. The van der Waals surface area contributed by atoms with Gasteiger partial charge in [-0.2, -0.15) is 0 Å². The van der Waals surface area contributed by atoms with Gasteiger partial charge in [-0.3, -0.25) is 4.98 Å². The SMILES string of the molecule is CCCNCc1cnnn1-c1cccc2cccnc12. The monoisotopic (exact) mass is 267 g/mol. The van der Waals surface area contributed by atoms with E-state index in [1.54, 1.807) is 12.4 Å². The van der Waals surface area contributed by atoms with Gasteiger partial charge in [0, 0.05) is 18.1 Å². The number of pyridine rings is 1. The summed E-state index contributed by atoms with van der Waals surface area (Å²) in [4.78, 5) is 4.47. The molecule has 20 heavy (non-hydrogen) atoms. The van der Waals surface area contributed by atoms with Crippen molar-refractivity contribution in [3.8, 4) is 5.69 Å². The molecule has 2 heterocycles. The van der Waals surface area contributed by atoms with E-state index in [0.717, 1.165) is 41.8 Å². The average Bonchev–Trinajstić information content (AvgIpc) is 2.95. The van der Waals surface area contributed by atoms with Crippen LogP contribution >= 0.6 is 0 Å². The Bertz CT molecular complexity index is 699. The van der Waals surface area contributed by atoms with Crippen molar-refractivity contribution in [2.24, 2.45) is 0 Å². The Labute approximate surface area is 117 Å². The minimum Gasteiger partial charge on any atom is -0.311 e. The molecule has 0 aliphatic carbocycles. The van der Waals surface area contributed by atoms with Crippen LogP contribution in [0.4, 0.5) is 0 Å². The first-order chi connectivity index (χ1) is 9.90. The lowest BCUT2D eigenvalue weighted by molar-refractivity contribution is 0.642. The third-order valence-electron chi connectivity index (χ3n) is 3.19. The molecule has 0 saturated carbocycles. The van der Waals surface area contributed by atoms with Gasteiger partial charge in [-0.1, -0.05) is 30.3 Å². The van der Waals surface area contributed by atoms with Crippen LogP contribution in [-0.4, -0.2) is 26.5 Å². The van der Waals surface area contributed by atoms with E-state index in [9.17, 15) is 0 Å². The minimum atomic E-state index is 0.754. The first kappa shape index (κ1) is 12.7. The second kappa shape index (κ2) is 5.79. The zero-order valence-corrected chi connectivity index (χ0v) is 11.5. The van der Waals surface area contributed by atoms with Gasteiger partial charge < -0.3 is 5.32 Å². The van der Waals surface area contributed by atoms with E-state index in [4.69, 9.17) is 0 Å². The van der Waals surface area contributed by atoms with E-state index in [2.05, 4.69) is 39.7 Å². The second-order valence-corrected chi connectivity index (χ2v) is 4.67. The summed E-state index contributed by atoms with van der Waals surface area (Å²) in [5, 5.41) is 12.7. The quantitative estimate of drug-likeness (QED) is 0.721. The Morgan fingerprint density at radius 1 is 1.20 bits per heavy atom. The van der Waals surface area contributed by atoms with Crippen LogP contribution in [-0.2, 0) is 6.54 Å². The van der Waals surface area contributed by atoms with Crippen molar-refractivity contribution in [3.05, 3.63) is 48.4 Å². The number of rotatable bonds is 5. The van der Waals surface area contributed by atoms with E-state index in [1.165, 1.54) is 0 Å². The number of benzene rings is 1. The van der Waals surface area contributed by atoms with E-state index in [1.807, 2.05) is 22.9 Å². The van der Waals surface area contributed by atoms with Crippen LogP contribution in [0.5, 0.6) is 0 Å². The average molecular weight is 267 g/mol. The van der Waals surface area contributed by atoms with Crippen LogP contribution < -0.4 is 5.32 Å². The Hall–Kier alpha value is -2.27. The van der Waals surface area contributed by atoms with Crippen LogP contribution in [0, 0.1) is 0 Å². The fourth-order valence-corrected chi connectivity index (χ4v) is 2.23. The molecule has 5 nitrogen and oxygen atoms in total. The fraction of sp³-hybridized carbons (Fsp3) is 0.267. The van der Waals surface area contributed by atoms with Gasteiger partial charge in [0.05, 0.1) is 23.1 Å². The van der Waals surface area contributed by atoms with Crippen molar-refractivity contribution in [1.82, 2.24) is 25.3 Å². The van der Waals surface area contributed by atoms with Crippen molar-refractivity contribution < 1.29 is 0 Å². The van der Waals surface area contributed by atoms with E-state index < -0.39 is 0 Å². The van der Waals surface area contributed by atoms with Gasteiger partial charge >= 0.3 is 0 Å². The van der Waals surface area contributed by atoms with Crippen LogP contribution in [0.3, 0.4) is 0 Å². The Balaban J connectivity index is 2.01. The highest BCUT2D eigenvalue weighted by molar-refractivity contribution is 5.86. The van der Waals surface area contributed by atoms with Gasteiger partial charge in [0.15, 0.2) is 0 Å². The van der Waals surface area contributed by atoms with Crippen molar-refractivity contribution >= 4 is 10.9 Å². The van der Waals surface area contributed by atoms with E-state index >= 15 is 0 Å². The van der Waals surface area contributed by atoms with Crippen LogP contribution in [0.1, 0.15) is 19.0 Å².